The summed E-state index contributed by atoms with van der Waals surface area (Å²) >= 11 is 0. The van der Waals surface area contributed by atoms with Crippen molar-refractivity contribution in [1.82, 2.24) is 9.97 Å². The molecule has 0 unspecified atom stereocenters. The van der Waals surface area contributed by atoms with Crippen LogP contribution in [0.15, 0.2) is 6.07 Å². The van der Waals surface area contributed by atoms with Crippen LogP contribution in [0.4, 0.5) is 19.0 Å². The van der Waals surface area contributed by atoms with Crippen molar-refractivity contribution < 1.29 is 17.9 Å². The number of rotatable bonds is 8. The van der Waals surface area contributed by atoms with Gasteiger partial charge in [0.25, 0.3) is 0 Å². The van der Waals surface area contributed by atoms with Crippen LogP contribution in [0.2, 0.25) is 0 Å². The minimum Gasteiger partial charge on any atom is -0.478 e. The molecule has 0 fully saturated rings. The predicted octanol–water partition coefficient (Wildman–Crippen LogP) is 3.89. The summed E-state index contributed by atoms with van der Waals surface area (Å²) in [6.45, 7) is 2.48. The molecule has 0 spiro atoms. The number of aromatic nitrogens is 2. The van der Waals surface area contributed by atoms with Gasteiger partial charge in [-0.3, -0.25) is 0 Å². The third kappa shape index (κ3) is 5.63. The summed E-state index contributed by atoms with van der Waals surface area (Å²) in [5, 5.41) is 2.57. The lowest BCUT2D eigenvalue weighted by molar-refractivity contribution is -0.145. The van der Waals surface area contributed by atoms with Gasteiger partial charge in [0, 0.05) is 13.1 Å². The van der Waals surface area contributed by atoms with Crippen LogP contribution in [0, 0.1) is 0 Å². The average molecular weight is 291 g/mol. The number of hydrogen-bond acceptors (Lipinski definition) is 4. The van der Waals surface area contributed by atoms with Gasteiger partial charge >= 0.3 is 6.18 Å². The third-order valence-corrected chi connectivity index (χ3v) is 2.71. The number of hydrogen-bond donors (Lipinski definition) is 1. The molecule has 114 valence electrons. The van der Waals surface area contributed by atoms with E-state index in [1.807, 2.05) is 0 Å². The lowest BCUT2D eigenvalue weighted by atomic mass is 10.2. The van der Waals surface area contributed by atoms with E-state index >= 15 is 0 Å². The summed E-state index contributed by atoms with van der Waals surface area (Å²) < 4.78 is 43.1. The molecule has 0 aromatic carbocycles. The Labute approximate surface area is 116 Å². The van der Waals surface area contributed by atoms with Crippen molar-refractivity contribution >= 4 is 5.82 Å². The molecule has 1 aromatic rings. The van der Waals surface area contributed by atoms with Crippen molar-refractivity contribution in [2.75, 3.05) is 19.0 Å². The first-order valence-corrected chi connectivity index (χ1v) is 6.74. The number of alkyl halides is 3. The number of anilines is 1. The van der Waals surface area contributed by atoms with E-state index in [2.05, 4.69) is 22.2 Å². The van der Waals surface area contributed by atoms with Crippen LogP contribution < -0.4 is 10.1 Å². The molecule has 0 saturated heterocycles. The zero-order valence-corrected chi connectivity index (χ0v) is 11.8. The molecule has 0 aliphatic rings. The zero-order chi connectivity index (χ0) is 15.0. The second-order valence-corrected chi connectivity index (χ2v) is 4.43. The first-order chi connectivity index (χ1) is 9.47. The fourth-order valence-electron chi connectivity index (χ4n) is 1.64. The minimum absolute atomic E-state index is 0.0489. The largest absolute Gasteiger partial charge is 0.478 e. The van der Waals surface area contributed by atoms with Crippen LogP contribution in [0.5, 0.6) is 5.88 Å². The highest BCUT2D eigenvalue weighted by Crippen LogP contribution is 2.28. The van der Waals surface area contributed by atoms with E-state index in [-0.39, 0.29) is 11.7 Å². The number of ether oxygens (including phenoxy) is 1. The number of nitrogens with zero attached hydrogens (tertiary/aromatic N) is 2. The summed E-state index contributed by atoms with van der Waals surface area (Å²) in [6, 6.07) is 1.36. The molecule has 0 aliphatic carbocycles. The summed E-state index contributed by atoms with van der Waals surface area (Å²) in [7, 11) is 1.50. The van der Waals surface area contributed by atoms with Crippen molar-refractivity contribution in [3.05, 3.63) is 11.9 Å². The lowest BCUT2D eigenvalue weighted by Gasteiger charge is -2.10. The Hall–Kier alpha value is -1.53. The molecule has 1 aromatic heterocycles. The topological polar surface area (TPSA) is 47.0 Å². The van der Waals surface area contributed by atoms with Gasteiger partial charge < -0.3 is 10.1 Å². The molecule has 0 bridgehead atoms. The van der Waals surface area contributed by atoms with Gasteiger partial charge in [-0.1, -0.05) is 32.6 Å². The van der Waals surface area contributed by atoms with Gasteiger partial charge in [-0.05, 0) is 6.42 Å². The normalized spacial score (nSPS) is 11.4. The van der Waals surface area contributed by atoms with Crippen LogP contribution in [0.3, 0.4) is 0 Å². The average Bonchev–Trinajstić information content (AvgIpc) is 2.41. The molecule has 7 heteroatoms. The van der Waals surface area contributed by atoms with Crippen LogP contribution >= 0.6 is 0 Å². The Morgan fingerprint density at radius 1 is 1.15 bits per heavy atom. The Morgan fingerprint density at radius 3 is 2.45 bits per heavy atom. The van der Waals surface area contributed by atoms with Crippen molar-refractivity contribution in [2.45, 2.75) is 45.2 Å². The Kier molecular flexibility index (Phi) is 6.54. The maximum Gasteiger partial charge on any atom is 0.451 e. The summed E-state index contributed by atoms with van der Waals surface area (Å²) in [4.78, 5) is 6.75. The molecule has 0 saturated carbocycles. The maximum absolute atomic E-state index is 12.6. The molecular formula is C13H20F3N3O. The van der Waals surface area contributed by atoms with E-state index in [4.69, 9.17) is 4.74 Å². The Balaban J connectivity index is 2.56. The zero-order valence-electron chi connectivity index (χ0n) is 11.8. The highest BCUT2D eigenvalue weighted by atomic mass is 19.4. The molecule has 20 heavy (non-hydrogen) atoms. The quantitative estimate of drug-likeness (QED) is 0.738. The number of nitrogens with one attached hydrogen (secondary N) is 1. The van der Waals surface area contributed by atoms with E-state index in [0.29, 0.717) is 6.61 Å². The van der Waals surface area contributed by atoms with Crippen molar-refractivity contribution in [3.63, 3.8) is 0 Å². The molecule has 0 aliphatic heterocycles. The summed E-state index contributed by atoms with van der Waals surface area (Å²) in [5.74, 6) is -1.15. The summed E-state index contributed by atoms with van der Waals surface area (Å²) in [5.41, 5.74) is 0. The molecule has 1 N–H and O–H groups in total. The fraction of sp³-hybridized carbons (Fsp3) is 0.692. The fourth-order valence-corrected chi connectivity index (χ4v) is 1.64. The van der Waals surface area contributed by atoms with Crippen LogP contribution in [-0.4, -0.2) is 23.6 Å². The van der Waals surface area contributed by atoms with Gasteiger partial charge in [0.15, 0.2) is 0 Å². The highest BCUT2D eigenvalue weighted by molar-refractivity contribution is 5.38. The first kappa shape index (κ1) is 16.5. The second-order valence-electron chi connectivity index (χ2n) is 4.43. The van der Waals surface area contributed by atoms with Gasteiger partial charge in [0.05, 0.1) is 6.61 Å². The van der Waals surface area contributed by atoms with Crippen molar-refractivity contribution in [1.29, 1.82) is 0 Å². The van der Waals surface area contributed by atoms with E-state index in [9.17, 15) is 13.2 Å². The van der Waals surface area contributed by atoms with Crippen molar-refractivity contribution in [3.8, 4) is 5.88 Å². The monoisotopic (exact) mass is 291 g/mol. The van der Waals surface area contributed by atoms with Crippen LogP contribution in [0.25, 0.3) is 0 Å². The van der Waals surface area contributed by atoms with Gasteiger partial charge in [-0.25, -0.2) is 4.98 Å². The molecule has 1 heterocycles. The maximum atomic E-state index is 12.6. The molecule has 4 nitrogen and oxygen atoms in total. The van der Waals surface area contributed by atoms with Crippen LogP contribution in [-0.2, 0) is 6.18 Å². The molecular weight excluding hydrogens is 271 g/mol. The van der Waals surface area contributed by atoms with E-state index < -0.39 is 12.0 Å². The minimum atomic E-state index is -4.58. The predicted molar refractivity (Wildman–Crippen MR) is 70.8 cm³/mol. The smallest absolute Gasteiger partial charge is 0.451 e. The second kappa shape index (κ2) is 7.91. The van der Waals surface area contributed by atoms with Gasteiger partial charge in [0.2, 0.25) is 11.7 Å². The van der Waals surface area contributed by atoms with Gasteiger partial charge in [-0.2, -0.15) is 18.2 Å². The van der Waals surface area contributed by atoms with Gasteiger partial charge in [0.1, 0.15) is 5.82 Å². The lowest BCUT2D eigenvalue weighted by Crippen LogP contribution is -2.13. The van der Waals surface area contributed by atoms with E-state index in [1.165, 1.54) is 13.1 Å². The first-order valence-electron chi connectivity index (χ1n) is 6.74. The highest BCUT2D eigenvalue weighted by Gasteiger charge is 2.35. The molecule has 1 rings (SSSR count). The third-order valence-electron chi connectivity index (χ3n) is 2.71. The van der Waals surface area contributed by atoms with Gasteiger partial charge in [-0.15, -0.1) is 0 Å². The number of halogens is 3. The molecule has 0 atom stereocenters. The van der Waals surface area contributed by atoms with E-state index in [1.54, 1.807) is 0 Å². The Bertz CT molecular complexity index is 410. The Morgan fingerprint density at radius 2 is 1.85 bits per heavy atom. The molecule has 0 amide bonds. The SMILES string of the molecule is CCCCCCCOc1cc(NC)nc(C(F)(F)F)n1. The molecule has 0 radical (unpaired) electrons. The number of unbranched alkanes of at least 4 members (excludes halogenated alkanes) is 4. The van der Waals surface area contributed by atoms with Crippen molar-refractivity contribution in [2.24, 2.45) is 0 Å². The van der Waals surface area contributed by atoms with Crippen LogP contribution in [0.1, 0.15) is 44.9 Å². The summed E-state index contributed by atoms with van der Waals surface area (Å²) in [6.07, 6.45) is 0.651. The standard InChI is InChI=1S/C13H20F3N3O/c1-3-4-5-6-7-8-20-11-9-10(17-2)18-12(19-11)13(14,15)16/h9H,3-8H2,1-2H3,(H,17,18,19). The van der Waals surface area contributed by atoms with E-state index in [0.717, 1.165) is 32.1 Å².